The predicted octanol–water partition coefficient (Wildman–Crippen LogP) is 3.08. The molecule has 1 aliphatic rings. The third-order valence-electron chi connectivity index (χ3n) is 2.99. The van der Waals surface area contributed by atoms with Crippen LogP contribution in [0.2, 0.25) is 0 Å². The van der Waals surface area contributed by atoms with Gasteiger partial charge in [-0.3, -0.25) is 4.79 Å². The summed E-state index contributed by atoms with van der Waals surface area (Å²) in [5.74, 6) is -2.65. The minimum atomic E-state index is -2.49. The second kappa shape index (κ2) is 6.86. The number of halogens is 2. The maximum absolute atomic E-state index is 12.4. The van der Waals surface area contributed by atoms with Crippen LogP contribution in [0.3, 0.4) is 0 Å². The lowest BCUT2D eigenvalue weighted by molar-refractivity contribution is -0.118. The van der Waals surface area contributed by atoms with Crippen LogP contribution < -0.4 is 10.6 Å². The van der Waals surface area contributed by atoms with Gasteiger partial charge in [0, 0.05) is 4.90 Å². The molecule has 1 aromatic carbocycles. The average Bonchev–Trinajstić information content (AvgIpc) is 2.41. The van der Waals surface area contributed by atoms with Crippen molar-refractivity contribution in [2.24, 2.45) is 0 Å². The monoisotopic (exact) mass is 286 g/mol. The zero-order valence-corrected chi connectivity index (χ0v) is 11.2. The number of hydrogen-bond donors (Lipinski definition) is 2. The van der Waals surface area contributed by atoms with Gasteiger partial charge in [0.1, 0.15) is 0 Å². The number of anilines is 1. The van der Waals surface area contributed by atoms with E-state index in [1.165, 1.54) is 0 Å². The van der Waals surface area contributed by atoms with Crippen molar-refractivity contribution >= 4 is 23.4 Å². The molecular weight excluding hydrogens is 270 g/mol. The molecule has 1 unspecified atom stereocenters. The van der Waals surface area contributed by atoms with Crippen LogP contribution in [-0.4, -0.2) is 24.3 Å². The highest BCUT2D eigenvalue weighted by Gasteiger charge is 2.21. The Morgan fingerprint density at radius 2 is 2.16 bits per heavy atom. The van der Waals surface area contributed by atoms with Crippen molar-refractivity contribution in [2.45, 2.75) is 36.0 Å². The Kier molecular flexibility index (Phi) is 5.15. The molecule has 0 saturated carbocycles. The van der Waals surface area contributed by atoms with E-state index in [0.717, 1.165) is 25.8 Å². The van der Waals surface area contributed by atoms with Crippen molar-refractivity contribution in [3.63, 3.8) is 0 Å². The molecule has 1 atom stereocenters. The Bertz CT molecular complexity index is 436. The third kappa shape index (κ3) is 4.18. The molecule has 3 nitrogen and oxygen atoms in total. The van der Waals surface area contributed by atoms with E-state index >= 15 is 0 Å². The number of alkyl halides is 2. The zero-order chi connectivity index (χ0) is 13.7. The number of piperidine rings is 1. The van der Waals surface area contributed by atoms with Gasteiger partial charge in [-0.1, -0.05) is 30.3 Å². The summed E-state index contributed by atoms with van der Waals surface area (Å²) in [6.45, 7) is 0.825. The number of carbonyl (C=O) groups excluding carboxylic acids is 1. The highest BCUT2D eigenvalue weighted by atomic mass is 32.2. The van der Waals surface area contributed by atoms with E-state index in [2.05, 4.69) is 10.6 Å². The summed E-state index contributed by atoms with van der Waals surface area (Å²) >= 11 is 0.445. The van der Waals surface area contributed by atoms with E-state index in [-0.39, 0.29) is 11.9 Å². The van der Waals surface area contributed by atoms with Gasteiger partial charge in [0.15, 0.2) is 0 Å². The number of rotatable bonds is 4. The Morgan fingerprint density at radius 3 is 2.84 bits per heavy atom. The Balaban J connectivity index is 2.03. The summed E-state index contributed by atoms with van der Waals surface area (Å²) in [5.41, 5.74) is 0.449. The van der Waals surface area contributed by atoms with Crippen LogP contribution in [0.4, 0.5) is 14.5 Å². The molecule has 0 spiro atoms. The first-order valence-corrected chi connectivity index (χ1v) is 7.13. The molecule has 6 heteroatoms. The van der Waals surface area contributed by atoms with Crippen molar-refractivity contribution in [2.75, 3.05) is 11.9 Å². The van der Waals surface area contributed by atoms with E-state index in [9.17, 15) is 13.6 Å². The highest BCUT2D eigenvalue weighted by Crippen LogP contribution is 2.31. The summed E-state index contributed by atoms with van der Waals surface area (Å²) in [6.07, 6.45) is 2.87. The first-order valence-electron chi connectivity index (χ1n) is 6.25. The molecule has 1 saturated heterocycles. The van der Waals surface area contributed by atoms with Crippen molar-refractivity contribution in [3.8, 4) is 0 Å². The van der Waals surface area contributed by atoms with Crippen LogP contribution in [-0.2, 0) is 4.79 Å². The van der Waals surface area contributed by atoms with E-state index in [1.807, 2.05) is 0 Å². The summed E-state index contributed by atoms with van der Waals surface area (Å²) < 4.78 is 24.9. The standard InChI is InChI=1S/C13H16F2N2OS/c14-13(15)19-11-7-2-1-5-9(11)17-12(18)10-6-3-4-8-16-10/h1-2,5,7,10,13,16H,3-4,6,8H2,(H,17,18). The molecule has 1 aliphatic heterocycles. The number of thioether (sulfide) groups is 1. The van der Waals surface area contributed by atoms with Gasteiger partial charge in [-0.15, -0.1) is 0 Å². The first kappa shape index (κ1) is 14.3. The molecule has 0 bridgehead atoms. The topological polar surface area (TPSA) is 41.1 Å². The molecule has 1 fully saturated rings. The van der Waals surface area contributed by atoms with Crippen molar-refractivity contribution < 1.29 is 13.6 Å². The lowest BCUT2D eigenvalue weighted by Crippen LogP contribution is -2.43. The maximum Gasteiger partial charge on any atom is 0.288 e. The van der Waals surface area contributed by atoms with E-state index in [1.54, 1.807) is 24.3 Å². The van der Waals surface area contributed by atoms with Crippen molar-refractivity contribution in [1.29, 1.82) is 0 Å². The Morgan fingerprint density at radius 1 is 1.37 bits per heavy atom. The summed E-state index contributed by atoms with van der Waals surface area (Å²) in [7, 11) is 0. The summed E-state index contributed by atoms with van der Waals surface area (Å²) in [5, 5.41) is 5.86. The van der Waals surface area contributed by atoms with Gasteiger partial charge in [-0.25, -0.2) is 0 Å². The normalized spacial score (nSPS) is 19.4. The second-order valence-electron chi connectivity index (χ2n) is 4.37. The number of nitrogens with one attached hydrogen (secondary N) is 2. The predicted molar refractivity (Wildman–Crippen MR) is 72.6 cm³/mol. The third-order valence-corrected chi connectivity index (χ3v) is 3.78. The fraction of sp³-hybridized carbons (Fsp3) is 0.462. The average molecular weight is 286 g/mol. The van der Waals surface area contributed by atoms with Gasteiger partial charge < -0.3 is 10.6 Å². The van der Waals surface area contributed by atoms with Gasteiger partial charge >= 0.3 is 0 Å². The van der Waals surface area contributed by atoms with Crippen LogP contribution in [0, 0.1) is 0 Å². The van der Waals surface area contributed by atoms with E-state index in [4.69, 9.17) is 0 Å². The molecule has 0 aromatic heterocycles. The zero-order valence-electron chi connectivity index (χ0n) is 10.4. The van der Waals surface area contributed by atoms with Gasteiger partial charge in [0.2, 0.25) is 5.91 Å². The molecule has 19 heavy (non-hydrogen) atoms. The minimum Gasteiger partial charge on any atom is -0.324 e. The van der Waals surface area contributed by atoms with E-state index in [0.29, 0.717) is 22.3 Å². The molecule has 0 aliphatic carbocycles. The first-order chi connectivity index (χ1) is 9.16. The Labute approximate surface area is 115 Å². The lowest BCUT2D eigenvalue weighted by atomic mass is 10.0. The number of hydrogen-bond acceptors (Lipinski definition) is 3. The highest BCUT2D eigenvalue weighted by molar-refractivity contribution is 7.99. The largest absolute Gasteiger partial charge is 0.324 e. The van der Waals surface area contributed by atoms with Gasteiger partial charge in [-0.2, -0.15) is 8.78 Å². The number of benzene rings is 1. The van der Waals surface area contributed by atoms with Gasteiger partial charge in [0.05, 0.1) is 11.7 Å². The molecular formula is C13H16F2N2OS. The van der Waals surface area contributed by atoms with Crippen molar-refractivity contribution in [1.82, 2.24) is 5.32 Å². The number of para-hydroxylation sites is 1. The second-order valence-corrected chi connectivity index (χ2v) is 5.40. The molecule has 1 amide bonds. The number of carbonyl (C=O) groups is 1. The summed E-state index contributed by atoms with van der Waals surface area (Å²) in [6, 6.07) is 6.41. The number of amides is 1. The summed E-state index contributed by atoms with van der Waals surface area (Å²) in [4.78, 5) is 12.4. The molecule has 104 valence electrons. The fourth-order valence-corrected chi connectivity index (χ4v) is 2.66. The van der Waals surface area contributed by atoms with Crippen LogP contribution in [0.15, 0.2) is 29.2 Å². The van der Waals surface area contributed by atoms with Crippen LogP contribution >= 0.6 is 11.8 Å². The Hall–Kier alpha value is -1.14. The van der Waals surface area contributed by atoms with Crippen LogP contribution in [0.25, 0.3) is 0 Å². The molecule has 0 radical (unpaired) electrons. The molecule has 2 N–H and O–H groups in total. The van der Waals surface area contributed by atoms with Crippen LogP contribution in [0.1, 0.15) is 19.3 Å². The fourth-order valence-electron chi connectivity index (χ4n) is 2.06. The lowest BCUT2D eigenvalue weighted by Gasteiger charge is -2.23. The maximum atomic E-state index is 12.4. The SMILES string of the molecule is O=C(Nc1ccccc1SC(F)F)C1CCCCN1. The molecule has 1 heterocycles. The van der Waals surface area contributed by atoms with Gasteiger partial charge in [0.25, 0.3) is 5.76 Å². The van der Waals surface area contributed by atoms with E-state index < -0.39 is 5.76 Å². The van der Waals surface area contributed by atoms with Gasteiger partial charge in [-0.05, 0) is 31.5 Å². The van der Waals surface area contributed by atoms with Crippen molar-refractivity contribution in [3.05, 3.63) is 24.3 Å². The molecule has 1 aromatic rings. The minimum absolute atomic E-state index is 0.151. The quantitative estimate of drug-likeness (QED) is 0.836. The smallest absolute Gasteiger partial charge is 0.288 e. The van der Waals surface area contributed by atoms with Crippen LogP contribution in [0.5, 0.6) is 0 Å². The molecule has 2 rings (SSSR count).